The van der Waals surface area contributed by atoms with E-state index in [0.717, 1.165) is 31.1 Å². The van der Waals surface area contributed by atoms with Crippen LogP contribution in [-0.2, 0) is 4.74 Å². The number of amides is 1. The van der Waals surface area contributed by atoms with Crippen molar-refractivity contribution in [3.8, 4) is 0 Å². The lowest BCUT2D eigenvalue weighted by Gasteiger charge is -2.45. The molecule has 0 aromatic carbocycles. The number of aromatic nitrogens is 3. The van der Waals surface area contributed by atoms with Crippen LogP contribution in [0, 0.1) is 5.92 Å². The van der Waals surface area contributed by atoms with Crippen molar-refractivity contribution in [2.45, 2.75) is 25.0 Å². The van der Waals surface area contributed by atoms with Gasteiger partial charge in [0.2, 0.25) is 5.13 Å². The number of anilines is 1. The Balaban J connectivity index is 1.53. The monoisotopic (exact) mass is 345 g/mol. The fourth-order valence-electron chi connectivity index (χ4n) is 3.55. The van der Waals surface area contributed by atoms with E-state index in [4.69, 9.17) is 4.74 Å². The Morgan fingerprint density at radius 3 is 3.00 bits per heavy atom. The number of rotatable bonds is 3. The van der Waals surface area contributed by atoms with Crippen LogP contribution in [0.5, 0.6) is 0 Å². The summed E-state index contributed by atoms with van der Waals surface area (Å²) < 4.78 is 6.01. The summed E-state index contributed by atoms with van der Waals surface area (Å²) >= 11 is 1.53. The summed E-state index contributed by atoms with van der Waals surface area (Å²) in [7, 11) is 0. The van der Waals surface area contributed by atoms with E-state index in [9.17, 15) is 4.79 Å². The fourth-order valence-corrected chi connectivity index (χ4v) is 4.13. The van der Waals surface area contributed by atoms with Crippen LogP contribution in [0.2, 0.25) is 0 Å². The van der Waals surface area contributed by atoms with Gasteiger partial charge >= 0.3 is 0 Å². The van der Waals surface area contributed by atoms with Crippen molar-refractivity contribution >= 4 is 22.4 Å². The van der Waals surface area contributed by atoms with E-state index < -0.39 is 0 Å². The van der Waals surface area contributed by atoms with Gasteiger partial charge in [-0.15, -0.1) is 10.2 Å². The summed E-state index contributed by atoms with van der Waals surface area (Å²) in [6.45, 7) is 2.36. The van der Waals surface area contributed by atoms with Gasteiger partial charge in [-0.1, -0.05) is 11.3 Å². The summed E-state index contributed by atoms with van der Waals surface area (Å²) in [4.78, 5) is 18.7. The molecule has 0 unspecified atom stereocenters. The lowest BCUT2D eigenvalue weighted by Crippen LogP contribution is -2.61. The summed E-state index contributed by atoms with van der Waals surface area (Å²) in [5.74, 6) is 0.313. The molecule has 4 rings (SSSR count). The molecule has 3 atom stereocenters. The molecule has 2 aliphatic rings. The first-order valence-electron chi connectivity index (χ1n) is 8.15. The Hall–Kier alpha value is -2.06. The maximum Gasteiger partial charge on any atom is 0.251 e. The summed E-state index contributed by atoms with van der Waals surface area (Å²) in [5.41, 5.74) is 2.36. The van der Waals surface area contributed by atoms with Crippen LogP contribution in [0.1, 0.15) is 23.2 Å². The number of piperidine rings is 1. The minimum absolute atomic E-state index is 0.0615. The highest BCUT2D eigenvalue weighted by molar-refractivity contribution is 7.13. The lowest BCUT2D eigenvalue weighted by molar-refractivity contribution is -0.0521. The number of fused-ring (bicyclic) bond motifs is 1. The predicted molar refractivity (Wildman–Crippen MR) is 90.1 cm³/mol. The van der Waals surface area contributed by atoms with Crippen LogP contribution in [0.3, 0.4) is 0 Å². The third kappa shape index (κ3) is 3.11. The van der Waals surface area contributed by atoms with Crippen LogP contribution < -0.4 is 10.2 Å². The molecule has 2 aromatic rings. The normalized spacial score (nSPS) is 26.7. The standard InChI is InChI=1S/C16H19N5O2S/c22-15(11-3-5-17-6-4-11)19-13-9-21(16-20-18-10-24-16)8-12-2-1-7-23-14(12)13/h3-6,10,12-14H,1-2,7-9H2,(H,19,22)/t12-,13+,14-/m0/s1. The van der Waals surface area contributed by atoms with Gasteiger partial charge in [0.15, 0.2) is 0 Å². The van der Waals surface area contributed by atoms with Crippen LogP contribution in [0.15, 0.2) is 30.0 Å². The first-order chi connectivity index (χ1) is 11.8. The minimum atomic E-state index is -0.0885. The van der Waals surface area contributed by atoms with Crippen molar-refractivity contribution in [2.24, 2.45) is 5.92 Å². The van der Waals surface area contributed by atoms with Crippen molar-refractivity contribution in [2.75, 3.05) is 24.6 Å². The van der Waals surface area contributed by atoms with Crippen molar-refractivity contribution < 1.29 is 9.53 Å². The molecular formula is C16H19N5O2S. The molecule has 24 heavy (non-hydrogen) atoms. The molecule has 2 aromatic heterocycles. The zero-order chi connectivity index (χ0) is 16.4. The quantitative estimate of drug-likeness (QED) is 0.904. The zero-order valence-corrected chi connectivity index (χ0v) is 14.0. The second-order valence-electron chi connectivity index (χ2n) is 6.18. The average Bonchev–Trinajstić information content (AvgIpc) is 3.17. The molecular weight excluding hydrogens is 326 g/mol. The molecule has 8 heteroatoms. The SMILES string of the molecule is O=C(N[C@@H]1CN(c2nncs2)C[C@@H]2CCCO[C@@H]21)c1ccncc1. The largest absolute Gasteiger partial charge is 0.376 e. The Morgan fingerprint density at radius 1 is 1.33 bits per heavy atom. The van der Waals surface area contributed by atoms with E-state index in [1.54, 1.807) is 30.0 Å². The highest BCUT2D eigenvalue weighted by Crippen LogP contribution is 2.31. The Kier molecular flexibility index (Phi) is 4.40. The Morgan fingerprint density at radius 2 is 2.21 bits per heavy atom. The van der Waals surface area contributed by atoms with Crippen molar-refractivity contribution in [3.05, 3.63) is 35.6 Å². The molecule has 2 saturated heterocycles. The van der Waals surface area contributed by atoms with Crippen LogP contribution in [-0.4, -0.2) is 52.9 Å². The van der Waals surface area contributed by atoms with Crippen LogP contribution in [0.4, 0.5) is 5.13 Å². The topological polar surface area (TPSA) is 80.2 Å². The molecule has 4 heterocycles. The second kappa shape index (κ2) is 6.82. The van der Waals surface area contributed by atoms with Gasteiger partial charge in [-0.3, -0.25) is 9.78 Å². The molecule has 7 nitrogen and oxygen atoms in total. The maximum atomic E-state index is 12.5. The smallest absolute Gasteiger partial charge is 0.251 e. The van der Waals surface area contributed by atoms with Gasteiger partial charge in [-0.05, 0) is 25.0 Å². The number of ether oxygens (including phenoxy) is 1. The van der Waals surface area contributed by atoms with E-state index in [1.807, 2.05) is 0 Å². The number of hydrogen-bond acceptors (Lipinski definition) is 7. The molecule has 2 aliphatic heterocycles. The fraction of sp³-hybridized carbons (Fsp3) is 0.500. The highest BCUT2D eigenvalue weighted by Gasteiger charge is 2.40. The number of pyridine rings is 1. The third-order valence-corrected chi connectivity index (χ3v) is 5.39. The highest BCUT2D eigenvalue weighted by atomic mass is 32.1. The number of hydrogen-bond donors (Lipinski definition) is 1. The first kappa shape index (κ1) is 15.5. The van der Waals surface area contributed by atoms with Gasteiger partial charge < -0.3 is 15.0 Å². The van der Waals surface area contributed by atoms with Crippen LogP contribution >= 0.6 is 11.3 Å². The Labute approximate surface area is 144 Å². The average molecular weight is 345 g/mol. The van der Waals surface area contributed by atoms with Gasteiger partial charge in [0.05, 0.1) is 12.1 Å². The molecule has 1 amide bonds. The second-order valence-corrected chi connectivity index (χ2v) is 6.99. The van der Waals surface area contributed by atoms with E-state index in [2.05, 4.69) is 25.4 Å². The van der Waals surface area contributed by atoms with E-state index in [0.29, 0.717) is 18.0 Å². The van der Waals surface area contributed by atoms with Gasteiger partial charge in [-0.2, -0.15) is 0 Å². The number of nitrogens with zero attached hydrogens (tertiary/aromatic N) is 4. The lowest BCUT2D eigenvalue weighted by atomic mass is 9.85. The van der Waals surface area contributed by atoms with Gasteiger partial charge in [0.1, 0.15) is 5.51 Å². The third-order valence-electron chi connectivity index (χ3n) is 4.64. The summed E-state index contributed by atoms with van der Waals surface area (Å²) in [6, 6.07) is 3.38. The number of nitrogens with one attached hydrogen (secondary N) is 1. The van der Waals surface area contributed by atoms with Crippen LogP contribution in [0.25, 0.3) is 0 Å². The van der Waals surface area contributed by atoms with Crippen molar-refractivity contribution in [3.63, 3.8) is 0 Å². The molecule has 2 fully saturated rings. The summed E-state index contributed by atoms with van der Waals surface area (Å²) in [5, 5.41) is 12.2. The molecule has 0 bridgehead atoms. The van der Waals surface area contributed by atoms with E-state index in [-0.39, 0.29) is 18.1 Å². The van der Waals surface area contributed by atoms with E-state index in [1.165, 1.54) is 11.3 Å². The summed E-state index contributed by atoms with van der Waals surface area (Å²) in [6.07, 6.45) is 5.50. The molecule has 1 N–H and O–H groups in total. The molecule has 0 saturated carbocycles. The van der Waals surface area contributed by atoms with Gasteiger partial charge in [-0.25, -0.2) is 0 Å². The molecule has 126 valence electrons. The van der Waals surface area contributed by atoms with Gasteiger partial charge in [0.25, 0.3) is 5.91 Å². The van der Waals surface area contributed by atoms with Crippen molar-refractivity contribution in [1.29, 1.82) is 0 Å². The number of carbonyl (C=O) groups is 1. The first-order valence-corrected chi connectivity index (χ1v) is 9.03. The Bertz CT molecular complexity index is 681. The van der Waals surface area contributed by atoms with E-state index >= 15 is 0 Å². The molecule has 0 radical (unpaired) electrons. The van der Waals surface area contributed by atoms with Gasteiger partial charge in [0, 0.05) is 43.6 Å². The van der Waals surface area contributed by atoms with Crippen molar-refractivity contribution in [1.82, 2.24) is 20.5 Å². The molecule has 0 aliphatic carbocycles. The predicted octanol–water partition coefficient (Wildman–Crippen LogP) is 1.35. The maximum absolute atomic E-state index is 12.5. The number of carbonyl (C=O) groups excluding carboxylic acids is 1. The molecule has 0 spiro atoms. The zero-order valence-electron chi connectivity index (χ0n) is 13.2. The minimum Gasteiger partial charge on any atom is -0.376 e.